The molecule has 156 valence electrons. The van der Waals surface area contributed by atoms with Crippen LogP contribution in [-0.2, 0) is 22.7 Å². The highest BCUT2D eigenvalue weighted by molar-refractivity contribution is 6.35. The normalized spacial score (nSPS) is 13.7. The number of ether oxygens (including phenoxy) is 1. The Hall–Kier alpha value is -3.86. The van der Waals surface area contributed by atoms with Crippen LogP contribution in [0.1, 0.15) is 16.7 Å². The maximum absolute atomic E-state index is 13.4. The maximum atomic E-state index is 13.4. The number of carbonyl (C=O) groups is 2. The highest BCUT2D eigenvalue weighted by Crippen LogP contribution is 2.33. The summed E-state index contributed by atoms with van der Waals surface area (Å²) in [7, 11) is 3.45. The van der Waals surface area contributed by atoms with Gasteiger partial charge in [0.1, 0.15) is 11.4 Å². The van der Waals surface area contributed by atoms with Gasteiger partial charge < -0.3 is 9.64 Å². The third kappa shape index (κ3) is 4.21. The molecule has 0 aliphatic carbocycles. The Bertz CT molecular complexity index is 1110. The van der Waals surface area contributed by atoms with E-state index in [0.29, 0.717) is 29.1 Å². The van der Waals surface area contributed by atoms with E-state index in [1.165, 1.54) is 4.90 Å². The van der Waals surface area contributed by atoms with Crippen LogP contribution in [0.5, 0.6) is 5.75 Å². The number of rotatable bonds is 7. The van der Waals surface area contributed by atoms with Crippen molar-refractivity contribution in [3.8, 4) is 5.75 Å². The molecule has 5 nitrogen and oxygen atoms in total. The van der Waals surface area contributed by atoms with Gasteiger partial charge >= 0.3 is 0 Å². The summed E-state index contributed by atoms with van der Waals surface area (Å²) < 4.78 is 5.24. The molecule has 0 radical (unpaired) electrons. The molecule has 4 rings (SSSR count). The molecule has 0 aromatic heterocycles. The summed E-state index contributed by atoms with van der Waals surface area (Å²) in [5.74, 6) is 0.133. The molecule has 0 saturated heterocycles. The number of likely N-dealkylation sites (N-methyl/N-ethyl adjacent to an activating group) is 1. The lowest BCUT2D eigenvalue weighted by Gasteiger charge is -2.21. The van der Waals surface area contributed by atoms with Crippen molar-refractivity contribution in [3.63, 3.8) is 0 Å². The summed E-state index contributed by atoms with van der Waals surface area (Å²) >= 11 is 0. The highest BCUT2D eigenvalue weighted by Gasteiger charge is 2.40. The largest absolute Gasteiger partial charge is 0.497 e. The van der Waals surface area contributed by atoms with E-state index in [9.17, 15) is 9.59 Å². The van der Waals surface area contributed by atoms with Crippen molar-refractivity contribution in [1.29, 1.82) is 0 Å². The lowest BCUT2D eigenvalue weighted by atomic mass is 10.0. The van der Waals surface area contributed by atoms with Gasteiger partial charge in [0.15, 0.2) is 0 Å². The van der Waals surface area contributed by atoms with Gasteiger partial charge in [0.25, 0.3) is 11.8 Å². The van der Waals surface area contributed by atoms with Gasteiger partial charge in [-0.3, -0.25) is 14.5 Å². The van der Waals surface area contributed by atoms with Crippen LogP contribution in [0, 0.1) is 0 Å². The SMILES string of the molecule is COc1ccc(C2=C(N(C)Cc3ccccc3)C(=O)N(Cc3ccccc3)C2=O)cc1. The average molecular weight is 412 g/mol. The zero-order valence-corrected chi connectivity index (χ0v) is 17.6. The number of carbonyl (C=O) groups excluding carboxylic acids is 2. The van der Waals surface area contributed by atoms with Crippen LogP contribution in [-0.4, -0.2) is 35.8 Å². The van der Waals surface area contributed by atoms with Crippen molar-refractivity contribution in [2.45, 2.75) is 13.1 Å². The molecule has 0 N–H and O–H groups in total. The molecule has 1 aliphatic heterocycles. The summed E-state index contributed by atoms with van der Waals surface area (Å²) in [5, 5.41) is 0. The zero-order chi connectivity index (χ0) is 21.8. The van der Waals surface area contributed by atoms with E-state index in [1.54, 1.807) is 19.2 Å². The third-order valence-electron chi connectivity index (χ3n) is 5.35. The molecule has 0 atom stereocenters. The van der Waals surface area contributed by atoms with Crippen molar-refractivity contribution < 1.29 is 14.3 Å². The number of hydrogen-bond acceptors (Lipinski definition) is 4. The van der Waals surface area contributed by atoms with E-state index < -0.39 is 0 Å². The van der Waals surface area contributed by atoms with Crippen molar-refractivity contribution in [2.24, 2.45) is 0 Å². The molecule has 1 heterocycles. The first kappa shape index (κ1) is 20.4. The van der Waals surface area contributed by atoms with Gasteiger partial charge in [-0.15, -0.1) is 0 Å². The molecule has 0 unspecified atom stereocenters. The molecular weight excluding hydrogens is 388 g/mol. The number of benzene rings is 3. The molecule has 2 amide bonds. The Balaban J connectivity index is 1.72. The fourth-order valence-corrected chi connectivity index (χ4v) is 3.78. The first-order valence-corrected chi connectivity index (χ1v) is 10.1. The fourth-order valence-electron chi connectivity index (χ4n) is 3.78. The smallest absolute Gasteiger partial charge is 0.278 e. The molecular formula is C26H24N2O3. The molecule has 1 aliphatic rings. The van der Waals surface area contributed by atoms with Crippen molar-refractivity contribution in [2.75, 3.05) is 14.2 Å². The average Bonchev–Trinajstić information content (AvgIpc) is 3.05. The van der Waals surface area contributed by atoms with Crippen LogP contribution in [0.2, 0.25) is 0 Å². The van der Waals surface area contributed by atoms with E-state index in [4.69, 9.17) is 4.74 Å². The Kier molecular flexibility index (Phi) is 5.85. The van der Waals surface area contributed by atoms with E-state index >= 15 is 0 Å². The Labute approximate surface area is 182 Å². The van der Waals surface area contributed by atoms with Gasteiger partial charge in [0.2, 0.25) is 0 Å². The summed E-state index contributed by atoms with van der Waals surface area (Å²) in [6.07, 6.45) is 0. The third-order valence-corrected chi connectivity index (χ3v) is 5.35. The standard InChI is InChI=1S/C26H24N2O3/c1-27(17-19-9-5-3-6-10-19)24-23(21-13-15-22(31-2)16-14-21)25(29)28(26(24)30)18-20-11-7-4-8-12-20/h3-16H,17-18H2,1-2H3. The van der Waals surface area contributed by atoms with E-state index in [-0.39, 0.29) is 18.4 Å². The number of nitrogens with zero attached hydrogens (tertiary/aromatic N) is 2. The van der Waals surface area contributed by atoms with Gasteiger partial charge in [0.05, 0.1) is 19.2 Å². The molecule has 0 bridgehead atoms. The maximum Gasteiger partial charge on any atom is 0.278 e. The monoisotopic (exact) mass is 412 g/mol. The number of imide groups is 1. The van der Waals surface area contributed by atoms with Crippen LogP contribution in [0.25, 0.3) is 5.57 Å². The van der Waals surface area contributed by atoms with Crippen LogP contribution >= 0.6 is 0 Å². The molecule has 3 aromatic carbocycles. The Morgan fingerprint density at radius 2 is 1.35 bits per heavy atom. The first-order chi connectivity index (χ1) is 15.1. The van der Waals surface area contributed by atoms with Gasteiger partial charge in [0, 0.05) is 13.6 Å². The lowest BCUT2D eigenvalue weighted by Crippen LogP contribution is -2.33. The topological polar surface area (TPSA) is 49.9 Å². The lowest BCUT2D eigenvalue weighted by molar-refractivity contribution is -0.138. The molecule has 0 saturated carbocycles. The zero-order valence-electron chi connectivity index (χ0n) is 17.6. The molecule has 3 aromatic rings. The highest BCUT2D eigenvalue weighted by atomic mass is 16.5. The van der Waals surface area contributed by atoms with Gasteiger partial charge in [-0.05, 0) is 28.8 Å². The van der Waals surface area contributed by atoms with Gasteiger partial charge in [-0.2, -0.15) is 0 Å². The van der Waals surface area contributed by atoms with E-state index in [0.717, 1.165) is 11.1 Å². The molecule has 0 fully saturated rings. The van der Waals surface area contributed by atoms with Crippen molar-refractivity contribution >= 4 is 17.4 Å². The Morgan fingerprint density at radius 3 is 1.94 bits per heavy atom. The minimum atomic E-state index is -0.283. The van der Waals surface area contributed by atoms with Crippen molar-refractivity contribution in [3.05, 3.63) is 107 Å². The minimum Gasteiger partial charge on any atom is -0.497 e. The molecule has 31 heavy (non-hydrogen) atoms. The molecule has 0 spiro atoms. The first-order valence-electron chi connectivity index (χ1n) is 10.1. The predicted molar refractivity (Wildman–Crippen MR) is 120 cm³/mol. The number of methoxy groups -OCH3 is 1. The quantitative estimate of drug-likeness (QED) is 0.548. The van der Waals surface area contributed by atoms with Crippen LogP contribution in [0.4, 0.5) is 0 Å². The van der Waals surface area contributed by atoms with Crippen LogP contribution in [0.15, 0.2) is 90.6 Å². The number of amides is 2. The van der Waals surface area contributed by atoms with Gasteiger partial charge in [-0.25, -0.2) is 0 Å². The Morgan fingerprint density at radius 1 is 0.774 bits per heavy atom. The molecule has 5 heteroatoms. The second-order valence-electron chi connectivity index (χ2n) is 7.48. The second kappa shape index (κ2) is 8.88. The van der Waals surface area contributed by atoms with E-state index in [2.05, 4.69) is 0 Å². The fraction of sp³-hybridized carbons (Fsp3) is 0.154. The van der Waals surface area contributed by atoms with Crippen LogP contribution < -0.4 is 4.74 Å². The van der Waals surface area contributed by atoms with Gasteiger partial charge in [-0.1, -0.05) is 72.8 Å². The summed E-state index contributed by atoms with van der Waals surface area (Å²) in [6.45, 7) is 0.759. The summed E-state index contributed by atoms with van der Waals surface area (Å²) in [5.41, 5.74) is 3.50. The van der Waals surface area contributed by atoms with Crippen molar-refractivity contribution in [1.82, 2.24) is 9.80 Å². The second-order valence-corrected chi connectivity index (χ2v) is 7.48. The minimum absolute atomic E-state index is 0.237. The predicted octanol–water partition coefficient (Wildman–Crippen LogP) is 4.11. The number of hydrogen-bond donors (Lipinski definition) is 0. The van der Waals surface area contributed by atoms with Crippen LogP contribution in [0.3, 0.4) is 0 Å². The summed E-state index contributed by atoms with van der Waals surface area (Å²) in [4.78, 5) is 30.1. The van der Waals surface area contributed by atoms with E-state index in [1.807, 2.05) is 84.7 Å². The summed E-state index contributed by atoms with van der Waals surface area (Å²) in [6, 6.07) is 26.7.